The molecule has 0 saturated carbocycles. The molecule has 0 aromatic heterocycles. The Bertz CT molecular complexity index is 860. The molecule has 0 fully saturated rings. The second-order valence-electron chi connectivity index (χ2n) is 5.11. The summed E-state index contributed by atoms with van der Waals surface area (Å²) in [5, 5.41) is 0. The Hall–Kier alpha value is -2.00. The number of hydrogen-bond donors (Lipinski definition) is 2. The Labute approximate surface area is 156 Å². The van der Waals surface area contributed by atoms with Crippen LogP contribution in [0.2, 0.25) is 0 Å². The lowest BCUT2D eigenvalue weighted by Crippen LogP contribution is -2.58. The number of thiol groups is 1. The molecule has 26 heavy (non-hydrogen) atoms. The van der Waals surface area contributed by atoms with E-state index in [-0.39, 0.29) is 11.6 Å². The van der Waals surface area contributed by atoms with E-state index in [1.165, 1.54) is 24.3 Å². The van der Waals surface area contributed by atoms with E-state index in [1.807, 2.05) is 18.2 Å². The van der Waals surface area contributed by atoms with Crippen LogP contribution in [0.15, 0.2) is 71.6 Å². The largest absolute Gasteiger partial charge is 0.207 e. The highest BCUT2D eigenvalue weighted by Crippen LogP contribution is 2.36. The van der Waals surface area contributed by atoms with E-state index in [4.69, 9.17) is 18.6 Å². The van der Waals surface area contributed by atoms with Crippen LogP contribution in [0.5, 0.6) is 0 Å². The fourth-order valence-electron chi connectivity index (χ4n) is 2.33. The highest BCUT2D eigenvalue weighted by molar-refractivity contribution is 7.80. The first-order valence-corrected chi connectivity index (χ1v) is 8.83. The van der Waals surface area contributed by atoms with Gasteiger partial charge < -0.3 is 0 Å². The van der Waals surface area contributed by atoms with Crippen molar-refractivity contribution < 1.29 is 37.7 Å². The lowest BCUT2D eigenvalue weighted by molar-refractivity contribution is -1.92. The summed E-state index contributed by atoms with van der Waals surface area (Å²) >= 11 is 4.51. The van der Waals surface area contributed by atoms with Gasteiger partial charge in [0, 0.05) is 10.5 Å². The summed E-state index contributed by atoms with van der Waals surface area (Å²) in [7, 11) is -4.69. The van der Waals surface area contributed by atoms with E-state index < -0.39 is 10.2 Å². The summed E-state index contributed by atoms with van der Waals surface area (Å²) in [5.74, 6) is -0.553. The van der Waals surface area contributed by atoms with Crippen molar-refractivity contribution in [3.05, 3.63) is 78.4 Å². The van der Waals surface area contributed by atoms with Crippen molar-refractivity contribution >= 4 is 12.6 Å². The Morgan fingerprint density at radius 2 is 1.15 bits per heavy atom. The van der Waals surface area contributed by atoms with Crippen molar-refractivity contribution in [2.24, 2.45) is 0 Å². The first-order chi connectivity index (χ1) is 12.1. The summed E-state index contributed by atoms with van der Waals surface area (Å²) in [5.41, 5.74) is 3.62. The molecule has 4 nitrogen and oxygen atoms in total. The molecule has 0 saturated heterocycles. The minimum absolute atomic E-state index is 0.274. The van der Waals surface area contributed by atoms with Crippen molar-refractivity contribution in [3.63, 3.8) is 0 Å². The third kappa shape index (κ3) is 6.06. The van der Waals surface area contributed by atoms with Crippen LogP contribution in [0.1, 0.15) is 0 Å². The standard InChI is InChI=1S/C18H12F2S.ClHO4/c19-14-8-4-12(5-9-14)16-2-1-3-17(21)18(16)13-6-10-15(20)11-7-13;2-1(3,4)5/h1-11,21H;(H,2,3,4,5). The van der Waals surface area contributed by atoms with Gasteiger partial charge in [-0.3, -0.25) is 0 Å². The number of rotatable bonds is 2. The van der Waals surface area contributed by atoms with Crippen LogP contribution in [0.4, 0.5) is 8.78 Å². The quantitative estimate of drug-likeness (QED) is 0.640. The minimum atomic E-state index is -4.69. The monoisotopic (exact) mass is 398 g/mol. The van der Waals surface area contributed by atoms with Crippen molar-refractivity contribution in [1.29, 1.82) is 0 Å². The molecule has 3 rings (SSSR count). The maximum Gasteiger partial charge on any atom is 0.123 e. The number of benzene rings is 3. The molecule has 1 N–H and O–H groups in total. The predicted molar refractivity (Wildman–Crippen MR) is 86.7 cm³/mol. The first-order valence-electron chi connectivity index (χ1n) is 7.12. The van der Waals surface area contributed by atoms with Crippen LogP contribution in [0.3, 0.4) is 0 Å². The Morgan fingerprint density at radius 1 is 0.731 bits per heavy atom. The van der Waals surface area contributed by atoms with Gasteiger partial charge in [0.25, 0.3) is 0 Å². The topological polar surface area (TPSA) is 89.4 Å². The molecule has 0 aliphatic carbocycles. The van der Waals surface area contributed by atoms with Crippen LogP contribution in [0, 0.1) is 21.9 Å². The van der Waals surface area contributed by atoms with Crippen molar-refractivity contribution in [3.8, 4) is 22.3 Å². The highest BCUT2D eigenvalue weighted by atomic mass is 35.7. The molecule has 0 amide bonds. The summed E-state index contributed by atoms with van der Waals surface area (Å²) in [6, 6.07) is 18.3. The number of hydrogen-bond acceptors (Lipinski definition) is 5. The fraction of sp³-hybridized carbons (Fsp3) is 0. The summed E-state index contributed by atoms with van der Waals surface area (Å²) in [4.78, 5) is 0.795. The Morgan fingerprint density at radius 3 is 1.62 bits per heavy atom. The molecule has 0 unspecified atom stereocenters. The molecule has 0 spiro atoms. The van der Waals surface area contributed by atoms with Gasteiger partial charge >= 0.3 is 0 Å². The van der Waals surface area contributed by atoms with E-state index in [0.29, 0.717) is 0 Å². The molecular formula is C18H13ClF2O4S. The van der Waals surface area contributed by atoms with Gasteiger partial charge in [-0.15, -0.1) is 12.6 Å². The average molecular weight is 399 g/mol. The van der Waals surface area contributed by atoms with Crippen LogP contribution in [-0.4, -0.2) is 4.66 Å². The lowest BCUT2D eigenvalue weighted by atomic mass is 9.94. The van der Waals surface area contributed by atoms with Gasteiger partial charge in [-0.1, -0.05) is 36.4 Å². The third-order valence-corrected chi connectivity index (χ3v) is 3.70. The molecule has 0 aliphatic heterocycles. The van der Waals surface area contributed by atoms with Crippen molar-refractivity contribution in [2.45, 2.75) is 4.90 Å². The van der Waals surface area contributed by atoms with Gasteiger partial charge in [-0.05, 0) is 47.0 Å². The summed E-state index contributed by atoms with van der Waals surface area (Å²) in [6.45, 7) is 0. The molecule has 0 radical (unpaired) electrons. The molecule has 3 aromatic rings. The second-order valence-corrected chi connectivity index (χ2v) is 6.38. The van der Waals surface area contributed by atoms with E-state index in [0.717, 1.165) is 27.1 Å². The minimum Gasteiger partial charge on any atom is -0.207 e. The van der Waals surface area contributed by atoms with Gasteiger partial charge in [0.15, 0.2) is 0 Å². The normalized spacial score (nSPS) is 10.9. The molecule has 0 bridgehead atoms. The molecule has 0 heterocycles. The van der Waals surface area contributed by atoms with E-state index in [2.05, 4.69) is 12.6 Å². The zero-order valence-corrected chi connectivity index (χ0v) is 14.8. The zero-order chi connectivity index (χ0) is 19.3. The maximum absolute atomic E-state index is 13.1. The molecule has 0 aliphatic rings. The van der Waals surface area contributed by atoms with Gasteiger partial charge in [-0.2, -0.15) is 14.0 Å². The van der Waals surface area contributed by atoms with Gasteiger partial charge in [0.2, 0.25) is 0 Å². The van der Waals surface area contributed by atoms with E-state index in [1.54, 1.807) is 24.3 Å². The third-order valence-electron chi connectivity index (χ3n) is 3.33. The van der Waals surface area contributed by atoms with Crippen LogP contribution in [0.25, 0.3) is 22.3 Å². The molecule has 0 atom stereocenters. The van der Waals surface area contributed by atoms with Gasteiger partial charge in [-0.25, -0.2) is 8.78 Å². The van der Waals surface area contributed by atoms with Crippen molar-refractivity contribution in [1.82, 2.24) is 0 Å². The highest BCUT2D eigenvalue weighted by Gasteiger charge is 2.11. The molecule has 3 aromatic carbocycles. The first kappa shape index (κ1) is 20.3. The van der Waals surface area contributed by atoms with E-state index in [9.17, 15) is 8.78 Å². The fourth-order valence-corrected chi connectivity index (χ4v) is 2.67. The smallest absolute Gasteiger partial charge is 0.123 e. The Balaban J connectivity index is 0.000000431. The molecular weight excluding hydrogens is 386 g/mol. The van der Waals surface area contributed by atoms with E-state index >= 15 is 0 Å². The molecule has 136 valence electrons. The lowest BCUT2D eigenvalue weighted by Gasteiger charge is -2.13. The second kappa shape index (κ2) is 8.59. The van der Waals surface area contributed by atoms with Crippen LogP contribution in [-0.2, 0) is 0 Å². The zero-order valence-electron chi connectivity index (χ0n) is 13.1. The average Bonchev–Trinajstić information content (AvgIpc) is 2.55. The van der Waals surface area contributed by atoms with Gasteiger partial charge in [0.1, 0.15) is 11.6 Å². The summed E-state index contributed by atoms with van der Waals surface area (Å²) < 4.78 is 58.9. The number of halogens is 3. The van der Waals surface area contributed by atoms with Gasteiger partial charge in [0.05, 0.1) is 14.9 Å². The SMILES string of the molecule is Fc1ccc(-c2cccc(S)c2-c2ccc(F)cc2)cc1.[O-][Cl+3]([O-])([O-])O. The van der Waals surface area contributed by atoms with Crippen molar-refractivity contribution in [2.75, 3.05) is 0 Å². The van der Waals surface area contributed by atoms with Crippen LogP contribution < -0.4 is 14.0 Å². The predicted octanol–water partition coefficient (Wildman–Crippen LogP) is 1.46. The maximum atomic E-state index is 13.1. The molecule has 8 heteroatoms. The summed E-state index contributed by atoms with van der Waals surface area (Å²) in [6.07, 6.45) is 0. The van der Waals surface area contributed by atoms with Crippen LogP contribution >= 0.6 is 12.6 Å². The Kier molecular flexibility index (Phi) is 6.71.